The third-order valence-electron chi connectivity index (χ3n) is 2.46. The van der Waals surface area contributed by atoms with E-state index in [-0.39, 0.29) is 5.56 Å². The summed E-state index contributed by atoms with van der Waals surface area (Å²) in [4.78, 5) is 15.3. The van der Waals surface area contributed by atoms with E-state index in [0.29, 0.717) is 10.3 Å². The molecule has 0 saturated heterocycles. The van der Waals surface area contributed by atoms with E-state index in [2.05, 4.69) is 42.2 Å². The molecule has 2 N–H and O–H groups in total. The quantitative estimate of drug-likeness (QED) is 0.824. The van der Waals surface area contributed by atoms with Gasteiger partial charge in [0.25, 0.3) is 0 Å². The van der Waals surface area contributed by atoms with Gasteiger partial charge < -0.3 is 10.4 Å². The molecule has 6 heteroatoms. The third-order valence-corrected chi connectivity index (χ3v) is 3.55. The van der Waals surface area contributed by atoms with Crippen LogP contribution in [0.4, 0.5) is 11.5 Å². The predicted octanol–water partition coefficient (Wildman–Crippen LogP) is 4.36. The van der Waals surface area contributed by atoms with Crippen molar-refractivity contribution in [3.63, 3.8) is 0 Å². The van der Waals surface area contributed by atoms with Crippen LogP contribution in [-0.2, 0) is 0 Å². The molecule has 98 valence electrons. The van der Waals surface area contributed by atoms with Crippen molar-refractivity contribution in [2.75, 3.05) is 5.32 Å². The molecular weight excluding hydrogens is 376 g/mol. The minimum absolute atomic E-state index is 0.113. The van der Waals surface area contributed by atoms with E-state index in [9.17, 15) is 4.79 Å². The lowest BCUT2D eigenvalue weighted by atomic mass is 10.2. The zero-order valence-corrected chi connectivity index (χ0v) is 13.1. The molecule has 0 spiro atoms. The van der Waals surface area contributed by atoms with E-state index >= 15 is 0 Å². The molecule has 0 atom stereocenters. The van der Waals surface area contributed by atoms with Gasteiger partial charge in [0.15, 0.2) is 0 Å². The Hall–Kier alpha value is -1.40. The van der Waals surface area contributed by atoms with Gasteiger partial charge in [0.2, 0.25) is 0 Å². The molecule has 0 bridgehead atoms. The van der Waals surface area contributed by atoms with Crippen LogP contribution in [0.15, 0.2) is 39.4 Å². The Labute approximate surface area is 127 Å². The summed E-state index contributed by atoms with van der Waals surface area (Å²) >= 11 is 6.64. The van der Waals surface area contributed by atoms with E-state index < -0.39 is 5.97 Å². The second-order valence-corrected chi connectivity index (χ2v) is 5.73. The number of rotatable bonds is 3. The monoisotopic (exact) mass is 384 g/mol. The number of hydrogen-bond donors (Lipinski definition) is 2. The fourth-order valence-corrected chi connectivity index (χ4v) is 2.47. The molecule has 4 nitrogen and oxygen atoms in total. The van der Waals surface area contributed by atoms with Crippen molar-refractivity contribution in [1.82, 2.24) is 4.98 Å². The molecule has 0 amide bonds. The maximum atomic E-state index is 11.2. The number of carboxylic acid groups (broad SMARTS) is 1. The molecule has 0 unspecified atom stereocenters. The van der Waals surface area contributed by atoms with Crippen LogP contribution in [0.5, 0.6) is 0 Å². The van der Waals surface area contributed by atoms with Gasteiger partial charge in [-0.05, 0) is 62.5 Å². The number of aromatic carboxylic acids is 1. The van der Waals surface area contributed by atoms with Gasteiger partial charge in [0.05, 0.1) is 5.69 Å². The lowest BCUT2D eigenvalue weighted by Crippen LogP contribution is -2.05. The number of aromatic nitrogens is 1. The summed E-state index contributed by atoms with van der Waals surface area (Å²) in [7, 11) is 0. The van der Waals surface area contributed by atoms with E-state index in [4.69, 9.17) is 5.11 Å². The average Bonchev–Trinajstić information content (AvgIpc) is 2.34. The Morgan fingerprint density at radius 2 is 2.05 bits per heavy atom. The van der Waals surface area contributed by atoms with Crippen LogP contribution >= 0.6 is 31.9 Å². The molecule has 0 saturated carbocycles. The normalized spacial score (nSPS) is 10.3. The highest BCUT2D eigenvalue weighted by atomic mass is 79.9. The first-order chi connectivity index (χ1) is 8.97. The number of hydrogen-bond acceptors (Lipinski definition) is 3. The predicted molar refractivity (Wildman–Crippen MR) is 81.1 cm³/mol. The largest absolute Gasteiger partial charge is 0.478 e. The van der Waals surface area contributed by atoms with Crippen molar-refractivity contribution < 1.29 is 9.90 Å². The van der Waals surface area contributed by atoms with Crippen molar-refractivity contribution in [3.05, 3.63) is 50.5 Å². The van der Waals surface area contributed by atoms with Gasteiger partial charge in [-0.15, -0.1) is 0 Å². The maximum absolute atomic E-state index is 11.2. The first-order valence-electron chi connectivity index (χ1n) is 5.39. The minimum atomic E-state index is -1.03. The number of carboxylic acids is 1. The van der Waals surface area contributed by atoms with Gasteiger partial charge in [-0.1, -0.05) is 6.07 Å². The summed E-state index contributed by atoms with van der Waals surface area (Å²) in [6.45, 7) is 1.98. The van der Waals surface area contributed by atoms with Crippen LogP contribution in [0.25, 0.3) is 0 Å². The first kappa shape index (κ1) is 14.0. The van der Waals surface area contributed by atoms with Crippen LogP contribution < -0.4 is 5.32 Å². The SMILES string of the molecule is Cc1ccc(Nc2ncc(Br)cc2C(=O)O)c(Br)c1. The number of benzene rings is 1. The van der Waals surface area contributed by atoms with Gasteiger partial charge in [-0.2, -0.15) is 0 Å². The minimum Gasteiger partial charge on any atom is -0.478 e. The fraction of sp³-hybridized carbons (Fsp3) is 0.0769. The molecule has 2 aromatic rings. The van der Waals surface area contributed by atoms with Crippen LogP contribution in [0, 0.1) is 6.92 Å². The van der Waals surface area contributed by atoms with Gasteiger partial charge in [0.1, 0.15) is 11.4 Å². The first-order valence-corrected chi connectivity index (χ1v) is 6.98. The maximum Gasteiger partial charge on any atom is 0.339 e. The standard InChI is InChI=1S/C13H10Br2N2O2/c1-7-2-3-11(10(15)4-7)17-12-9(13(18)19)5-8(14)6-16-12/h2-6H,1H3,(H,16,17)(H,18,19). The Kier molecular flexibility index (Phi) is 4.21. The molecule has 2 rings (SSSR count). The molecule has 1 aromatic carbocycles. The van der Waals surface area contributed by atoms with Crippen molar-refractivity contribution >= 4 is 49.3 Å². The number of carbonyl (C=O) groups is 1. The van der Waals surface area contributed by atoms with Crippen LogP contribution in [-0.4, -0.2) is 16.1 Å². The highest BCUT2D eigenvalue weighted by Crippen LogP contribution is 2.28. The highest BCUT2D eigenvalue weighted by molar-refractivity contribution is 9.10. The number of aryl methyl sites for hydroxylation is 1. The molecule has 1 aromatic heterocycles. The molecule has 19 heavy (non-hydrogen) atoms. The molecule has 0 fully saturated rings. The van der Waals surface area contributed by atoms with Crippen molar-refractivity contribution in [1.29, 1.82) is 0 Å². The Bertz CT molecular complexity index is 645. The lowest BCUT2D eigenvalue weighted by molar-refractivity contribution is 0.0697. The van der Waals surface area contributed by atoms with Gasteiger partial charge in [-0.3, -0.25) is 0 Å². The van der Waals surface area contributed by atoms with E-state index in [1.54, 1.807) is 6.20 Å². The van der Waals surface area contributed by atoms with Gasteiger partial charge in [-0.25, -0.2) is 9.78 Å². The smallest absolute Gasteiger partial charge is 0.339 e. The number of nitrogens with one attached hydrogen (secondary N) is 1. The Morgan fingerprint density at radius 1 is 1.32 bits per heavy atom. The van der Waals surface area contributed by atoms with Gasteiger partial charge in [0, 0.05) is 15.1 Å². The van der Waals surface area contributed by atoms with Crippen LogP contribution in [0.1, 0.15) is 15.9 Å². The zero-order valence-electron chi connectivity index (χ0n) is 9.95. The second kappa shape index (κ2) is 5.71. The Balaban J connectivity index is 2.40. The molecule has 0 aliphatic carbocycles. The van der Waals surface area contributed by atoms with E-state index in [1.165, 1.54) is 6.07 Å². The molecule has 0 aliphatic heterocycles. The summed E-state index contributed by atoms with van der Waals surface area (Å²) in [5.41, 5.74) is 1.99. The topological polar surface area (TPSA) is 62.2 Å². The molecule has 0 aliphatic rings. The summed E-state index contributed by atoms with van der Waals surface area (Å²) < 4.78 is 1.48. The summed E-state index contributed by atoms with van der Waals surface area (Å²) in [5, 5.41) is 12.2. The summed E-state index contributed by atoms with van der Waals surface area (Å²) in [6.07, 6.45) is 1.55. The van der Waals surface area contributed by atoms with Crippen LogP contribution in [0.3, 0.4) is 0 Å². The third kappa shape index (κ3) is 3.33. The molecule has 0 radical (unpaired) electrons. The van der Waals surface area contributed by atoms with Crippen molar-refractivity contribution in [2.45, 2.75) is 6.92 Å². The second-order valence-electron chi connectivity index (χ2n) is 3.96. The summed E-state index contributed by atoms with van der Waals surface area (Å²) in [6, 6.07) is 7.27. The molecule has 1 heterocycles. The highest BCUT2D eigenvalue weighted by Gasteiger charge is 2.13. The zero-order chi connectivity index (χ0) is 14.0. The number of halogens is 2. The van der Waals surface area contributed by atoms with E-state index in [1.807, 2.05) is 25.1 Å². The summed E-state index contributed by atoms with van der Waals surface area (Å²) in [5.74, 6) is -0.722. The van der Waals surface area contributed by atoms with E-state index in [0.717, 1.165) is 15.7 Å². The number of nitrogens with zero attached hydrogens (tertiary/aromatic N) is 1. The van der Waals surface area contributed by atoms with Crippen molar-refractivity contribution in [2.24, 2.45) is 0 Å². The lowest BCUT2D eigenvalue weighted by Gasteiger charge is -2.11. The number of anilines is 2. The average molecular weight is 386 g/mol. The molecular formula is C13H10Br2N2O2. The van der Waals surface area contributed by atoms with Crippen molar-refractivity contribution in [3.8, 4) is 0 Å². The Morgan fingerprint density at radius 3 is 2.68 bits per heavy atom. The fourth-order valence-electron chi connectivity index (χ4n) is 1.55. The van der Waals surface area contributed by atoms with Crippen LogP contribution in [0.2, 0.25) is 0 Å². The van der Waals surface area contributed by atoms with Gasteiger partial charge >= 0.3 is 5.97 Å². The number of pyridine rings is 1.